The van der Waals surface area contributed by atoms with Crippen molar-refractivity contribution in [3.05, 3.63) is 144 Å². The zero-order chi connectivity index (χ0) is 20.7. The van der Waals surface area contributed by atoms with Gasteiger partial charge < -0.3 is 0 Å². The van der Waals surface area contributed by atoms with Crippen molar-refractivity contribution in [3.63, 3.8) is 0 Å². The van der Waals surface area contributed by atoms with E-state index in [1.165, 1.54) is 22.3 Å². The summed E-state index contributed by atoms with van der Waals surface area (Å²) >= 11 is 2.95. The van der Waals surface area contributed by atoms with E-state index in [0.29, 0.717) is 0 Å². The summed E-state index contributed by atoms with van der Waals surface area (Å²) in [7, 11) is 0. The molecule has 152 valence electrons. The molecule has 0 unspecified atom stereocenters. The SMILES string of the molecule is IP(Cc1ccccc1)(Cc1ccccc1)(Cc1ccccc1)Cc1ccccc1. The predicted molar refractivity (Wildman–Crippen MR) is 142 cm³/mol. The molecule has 0 N–H and O–H groups in total. The van der Waals surface area contributed by atoms with E-state index in [4.69, 9.17) is 0 Å². The van der Waals surface area contributed by atoms with Gasteiger partial charge >= 0.3 is 195 Å². The van der Waals surface area contributed by atoms with Crippen LogP contribution < -0.4 is 0 Å². The molecule has 0 aliphatic rings. The van der Waals surface area contributed by atoms with Crippen LogP contribution in [0.15, 0.2) is 121 Å². The van der Waals surface area contributed by atoms with Crippen LogP contribution in [0.4, 0.5) is 0 Å². The molecule has 30 heavy (non-hydrogen) atoms. The van der Waals surface area contributed by atoms with Crippen LogP contribution in [0.3, 0.4) is 0 Å². The van der Waals surface area contributed by atoms with E-state index in [1.807, 2.05) is 0 Å². The topological polar surface area (TPSA) is 0 Å². The second kappa shape index (κ2) is 9.45. The minimum absolute atomic E-state index is 1.14. The van der Waals surface area contributed by atoms with Gasteiger partial charge in [0.25, 0.3) is 0 Å². The minimum atomic E-state index is -2.30. The van der Waals surface area contributed by atoms with Crippen LogP contribution in [0.1, 0.15) is 22.3 Å². The monoisotopic (exact) mass is 522 g/mol. The van der Waals surface area contributed by atoms with Crippen LogP contribution in [0.5, 0.6) is 0 Å². The van der Waals surface area contributed by atoms with E-state index < -0.39 is 4.25 Å². The van der Waals surface area contributed by atoms with Crippen molar-refractivity contribution in [1.29, 1.82) is 0 Å². The number of benzene rings is 4. The van der Waals surface area contributed by atoms with E-state index in [0.717, 1.165) is 24.6 Å². The molecule has 0 aliphatic carbocycles. The molecule has 2 heteroatoms. The van der Waals surface area contributed by atoms with E-state index in [-0.39, 0.29) is 0 Å². The van der Waals surface area contributed by atoms with Gasteiger partial charge in [-0.05, 0) is 0 Å². The molecule has 0 bridgehead atoms. The Kier molecular flexibility index (Phi) is 6.71. The molecule has 0 heterocycles. The molecule has 4 rings (SSSR count). The van der Waals surface area contributed by atoms with E-state index in [1.54, 1.807) is 0 Å². The van der Waals surface area contributed by atoms with Crippen molar-refractivity contribution >= 4 is 26.3 Å². The molecule has 0 amide bonds. The fourth-order valence-electron chi connectivity index (χ4n) is 4.49. The molecule has 4 aromatic rings. The van der Waals surface area contributed by atoms with E-state index >= 15 is 0 Å². The Morgan fingerprint density at radius 3 is 0.767 bits per heavy atom. The Balaban J connectivity index is 1.83. The van der Waals surface area contributed by atoms with Gasteiger partial charge in [0.1, 0.15) is 0 Å². The third kappa shape index (κ3) is 5.59. The van der Waals surface area contributed by atoms with Crippen molar-refractivity contribution in [3.8, 4) is 0 Å². The van der Waals surface area contributed by atoms with Crippen molar-refractivity contribution in [2.45, 2.75) is 24.6 Å². The van der Waals surface area contributed by atoms with Crippen LogP contribution in [-0.2, 0) is 24.6 Å². The Labute approximate surface area is 193 Å². The summed E-state index contributed by atoms with van der Waals surface area (Å²) in [5.74, 6) is 0. The Hall–Kier alpha value is -1.96. The molecule has 0 spiro atoms. The van der Waals surface area contributed by atoms with Gasteiger partial charge in [0, 0.05) is 0 Å². The third-order valence-electron chi connectivity index (χ3n) is 5.68. The molecule has 0 radical (unpaired) electrons. The third-order valence-corrected chi connectivity index (χ3v) is 14.4. The van der Waals surface area contributed by atoms with Crippen LogP contribution in [0, 0.1) is 0 Å². The summed E-state index contributed by atoms with van der Waals surface area (Å²) in [6, 6.07) is 44.4. The normalized spacial score (nSPS) is 12.8. The predicted octanol–water partition coefficient (Wildman–Crippen LogP) is 8.69. The first kappa shape index (κ1) is 21.3. The Morgan fingerprint density at radius 2 is 0.567 bits per heavy atom. The molecular weight excluding hydrogens is 494 g/mol. The van der Waals surface area contributed by atoms with E-state index in [9.17, 15) is 0 Å². The summed E-state index contributed by atoms with van der Waals surface area (Å²) in [5.41, 5.74) is 5.81. The van der Waals surface area contributed by atoms with Crippen LogP contribution in [0.25, 0.3) is 0 Å². The Bertz CT molecular complexity index is 869. The van der Waals surface area contributed by atoms with Gasteiger partial charge in [0.2, 0.25) is 0 Å². The molecule has 0 saturated heterocycles. The average Bonchev–Trinajstić information content (AvgIpc) is 2.76. The number of halogens is 1. The summed E-state index contributed by atoms with van der Waals surface area (Å²) in [4.78, 5) is 0. The standard InChI is InChI=1S/C28H28IP/c29-30(21-25-13-5-1-6-14-25,22-26-15-7-2-8-16-26,23-27-17-9-3-10-18-27)24-28-19-11-4-12-20-28/h1-20H,21-24H2. The van der Waals surface area contributed by atoms with Crippen molar-refractivity contribution in [1.82, 2.24) is 0 Å². The first-order chi connectivity index (χ1) is 14.6. The van der Waals surface area contributed by atoms with Crippen molar-refractivity contribution in [2.75, 3.05) is 0 Å². The zero-order valence-electron chi connectivity index (χ0n) is 17.2. The summed E-state index contributed by atoms with van der Waals surface area (Å²) < 4.78 is -2.30. The second-order valence-electron chi connectivity index (χ2n) is 8.39. The Morgan fingerprint density at radius 1 is 0.367 bits per heavy atom. The number of hydrogen-bond donors (Lipinski definition) is 0. The molecule has 0 atom stereocenters. The molecule has 0 aromatic heterocycles. The van der Waals surface area contributed by atoms with Crippen LogP contribution in [0.2, 0.25) is 0 Å². The first-order valence-corrected chi connectivity index (χ1v) is 16.3. The summed E-state index contributed by atoms with van der Waals surface area (Å²) in [6.45, 7) is 0. The number of rotatable bonds is 8. The zero-order valence-corrected chi connectivity index (χ0v) is 20.3. The van der Waals surface area contributed by atoms with Gasteiger partial charge in [-0.3, -0.25) is 0 Å². The molecule has 0 saturated carbocycles. The van der Waals surface area contributed by atoms with Gasteiger partial charge in [-0.15, -0.1) is 0 Å². The van der Waals surface area contributed by atoms with Gasteiger partial charge in [-0.2, -0.15) is 0 Å². The van der Waals surface area contributed by atoms with Crippen molar-refractivity contribution in [2.24, 2.45) is 0 Å². The van der Waals surface area contributed by atoms with Gasteiger partial charge in [0.05, 0.1) is 0 Å². The van der Waals surface area contributed by atoms with Crippen molar-refractivity contribution < 1.29 is 0 Å². The van der Waals surface area contributed by atoms with E-state index in [2.05, 4.69) is 143 Å². The molecule has 0 fully saturated rings. The number of hydrogen-bond acceptors (Lipinski definition) is 0. The van der Waals surface area contributed by atoms with Gasteiger partial charge in [0.15, 0.2) is 0 Å². The average molecular weight is 522 g/mol. The quantitative estimate of drug-likeness (QED) is 0.160. The molecule has 0 nitrogen and oxygen atoms in total. The first-order valence-electron chi connectivity index (χ1n) is 10.5. The summed E-state index contributed by atoms with van der Waals surface area (Å²) in [5, 5.41) is 0. The van der Waals surface area contributed by atoms with Gasteiger partial charge in [-0.25, -0.2) is 0 Å². The molecule has 0 aliphatic heterocycles. The maximum absolute atomic E-state index is 2.95. The summed E-state index contributed by atoms with van der Waals surface area (Å²) in [6.07, 6.45) is 4.58. The van der Waals surface area contributed by atoms with Crippen LogP contribution >= 0.6 is 26.3 Å². The maximum atomic E-state index is 2.95. The molecule has 4 aromatic carbocycles. The molecular formula is C28H28IP. The van der Waals surface area contributed by atoms with Crippen LogP contribution in [-0.4, -0.2) is 0 Å². The second-order valence-corrected chi connectivity index (χ2v) is 21.5. The fraction of sp³-hybridized carbons (Fsp3) is 0.143. The fourth-order valence-corrected chi connectivity index (χ4v) is 14.4. The van der Waals surface area contributed by atoms with Gasteiger partial charge in [-0.1, -0.05) is 0 Å².